The summed E-state index contributed by atoms with van der Waals surface area (Å²) >= 11 is 6.24. The monoisotopic (exact) mass is 353 g/mol. The quantitative estimate of drug-likeness (QED) is 0.600. The lowest BCUT2D eigenvalue weighted by Crippen LogP contribution is -2.30. The van der Waals surface area contributed by atoms with E-state index in [4.69, 9.17) is 22.1 Å². The van der Waals surface area contributed by atoms with Crippen LogP contribution in [0.3, 0.4) is 0 Å². The third kappa shape index (κ3) is 4.23. The molecule has 2 N–H and O–H groups in total. The molecule has 1 saturated heterocycles. The summed E-state index contributed by atoms with van der Waals surface area (Å²) < 4.78 is 5.64. The zero-order valence-electron chi connectivity index (χ0n) is 12.3. The second-order valence-electron chi connectivity index (χ2n) is 4.64. The van der Waals surface area contributed by atoms with Gasteiger partial charge in [-0.3, -0.25) is 14.5 Å². The SMILES string of the molecule is CCOc1cc(/C=C2/SC(=S)N(CCC(=O)O)C2=O)ccc1O. The Morgan fingerprint density at radius 2 is 2.22 bits per heavy atom. The van der Waals surface area contributed by atoms with Crippen LogP contribution >= 0.6 is 24.0 Å². The maximum absolute atomic E-state index is 12.3. The predicted octanol–water partition coefficient (Wildman–Crippen LogP) is 2.47. The Morgan fingerprint density at radius 1 is 1.48 bits per heavy atom. The van der Waals surface area contributed by atoms with Crippen LogP contribution in [-0.2, 0) is 9.59 Å². The first-order valence-corrected chi connectivity index (χ1v) is 8.07. The molecule has 0 aliphatic carbocycles. The Hall–Kier alpha value is -2.06. The van der Waals surface area contributed by atoms with Gasteiger partial charge in [0.25, 0.3) is 5.91 Å². The molecule has 1 aromatic rings. The second-order valence-corrected chi connectivity index (χ2v) is 6.31. The van der Waals surface area contributed by atoms with Gasteiger partial charge in [-0.05, 0) is 30.7 Å². The van der Waals surface area contributed by atoms with E-state index in [0.29, 0.717) is 27.1 Å². The van der Waals surface area contributed by atoms with Gasteiger partial charge in [-0.1, -0.05) is 30.0 Å². The number of carbonyl (C=O) groups is 2. The Morgan fingerprint density at radius 3 is 2.87 bits per heavy atom. The molecule has 1 heterocycles. The summed E-state index contributed by atoms with van der Waals surface area (Å²) in [5.41, 5.74) is 0.685. The number of aromatic hydroxyl groups is 1. The summed E-state index contributed by atoms with van der Waals surface area (Å²) in [5, 5.41) is 18.4. The molecule has 2 rings (SSSR count). The van der Waals surface area contributed by atoms with Gasteiger partial charge in [-0.2, -0.15) is 0 Å². The number of carboxylic acids is 1. The molecular formula is C15H15NO5S2. The third-order valence-corrected chi connectivity index (χ3v) is 4.38. The van der Waals surface area contributed by atoms with E-state index in [1.54, 1.807) is 25.1 Å². The number of phenolic OH excluding ortho intramolecular Hbond substituents is 1. The highest BCUT2D eigenvalue weighted by atomic mass is 32.2. The lowest BCUT2D eigenvalue weighted by atomic mass is 10.2. The van der Waals surface area contributed by atoms with Gasteiger partial charge in [0.15, 0.2) is 11.5 Å². The van der Waals surface area contributed by atoms with Crippen LogP contribution in [0.15, 0.2) is 23.1 Å². The van der Waals surface area contributed by atoms with Gasteiger partial charge in [-0.15, -0.1) is 0 Å². The summed E-state index contributed by atoms with van der Waals surface area (Å²) in [7, 11) is 0. The Labute approximate surface area is 142 Å². The largest absolute Gasteiger partial charge is 0.504 e. The van der Waals surface area contributed by atoms with Crippen molar-refractivity contribution in [1.29, 1.82) is 0 Å². The number of nitrogens with zero attached hydrogens (tertiary/aromatic N) is 1. The van der Waals surface area contributed by atoms with Crippen molar-refractivity contribution in [2.75, 3.05) is 13.2 Å². The first-order valence-electron chi connectivity index (χ1n) is 6.85. The molecule has 0 aromatic heterocycles. The molecule has 1 aliphatic heterocycles. The van der Waals surface area contributed by atoms with Crippen molar-refractivity contribution >= 4 is 46.3 Å². The van der Waals surface area contributed by atoms with E-state index in [2.05, 4.69) is 0 Å². The molecule has 0 saturated carbocycles. The van der Waals surface area contributed by atoms with E-state index < -0.39 is 5.97 Å². The van der Waals surface area contributed by atoms with E-state index in [1.165, 1.54) is 11.0 Å². The molecule has 1 amide bonds. The van der Waals surface area contributed by atoms with Crippen LogP contribution in [0.25, 0.3) is 6.08 Å². The number of rotatable bonds is 6. The molecule has 122 valence electrons. The van der Waals surface area contributed by atoms with Gasteiger partial charge in [0.1, 0.15) is 4.32 Å². The molecule has 1 aliphatic rings. The molecule has 8 heteroatoms. The Balaban J connectivity index is 2.20. The normalized spacial score (nSPS) is 16.2. The fraction of sp³-hybridized carbons (Fsp3) is 0.267. The molecular weight excluding hydrogens is 338 g/mol. The molecule has 0 radical (unpaired) electrons. The fourth-order valence-corrected chi connectivity index (χ4v) is 3.25. The van der Waals surface area contributed by atoms with Crippen LogP contribution < -0.4 is 4.74 Å². The molecule has 0 atom stereocenters. The van der Waals surface area contributed by atoms with Crippen LogP contribution in [0.1, 0.15) is 18.9 Å². The summed E-state index contributed by atoms with van der Waals surface area (Å²) in [4.78, 5) is 24.6. The van der Waals surface area contributed by atoms with Gasteiger partial charge in [0, 0.05) is 6.54 Å². The van der Waals surface area contributed by atoms with Crippen LogP contribution in [0.2, 0.25) is 0 Å². The third-order valence-electron chi connectivity index (χ3n) is 3.00. The van der Waals surface area contributed by atoms with Crippen molar-refractivity contribution < 1.29 is 24.5 Å². The minimum atomic E-state index is -0.983. The number of aliphatic carboxylic acids is 1. The van der Waals surface area contributed by atoms with Gasteiger partial charge in [0.05, 0.1) is 17.9 Å². The van der Waals surface area contributed by atoms with E-state index >= 15 is 0 Å². The first kappa shape index (κ1) is 17.3. The van der Waals surface area contributed by atoms with Crippen LogP contribution in [0.5, 0.6) is 11.5 Å². The van der Waals surface area contributed by atoms with Gasteiger partial charge in [-0.25, -0.2) is 0 Å². The second kappa shape index (κ2) is 7.47. The Bertz CT molecular complexity index is 686. The Kier molecular flexibility index (Phi) is 5.62. The van der Waals surface area contributed by atoms with Crippen molar-refractivity contribution in [3.63, 3.8) is 0 Å². The summed E-state index contributed by atoms with van der Waals surface area (Å²) in [5.74, 6) is -0.934. The smallest absolute Gasteiger partial charge is 0.305 e. The number of thiocarbonyl (C=S) groups is 1. The fourth-order valence-electron chi connectivity index (χ4n) is 1.94. The van der Waals surface area contributed by atoms with Gasteiger partial charge < -0.3 is 14.9 Å². The molecule has 0 spiro atoms. The molecule has 1 aromatic carbocycles. The van der Waals surface area contributed by atoms with Crippen LogP contribution in [-0.4, -0.2) is 44.5 Å². The van der Waals surface area contributed by atoms with Crippen molar-refractivity contribution in [3.05, 3.63) is 28.7 Å². The van der Waals surface area contributed by atoms with E-state index in [1.807, 2.05) is 0 Å². The molecule has 0 bridgehead atoms. The molecule has 0 unspecified atom stereocenters. The highest BCUT2D eigenvalue weighted by Gasteiger charge is 2.32. The van der Waals surface area contributed by atoms with Crippen molar-refractivity contribution in [2.24, 2.45) is 0 Å². The molecule has 1 fully saturated rings. The number of amides is 1. The van der Waals surface area contributed by atoms with Crippen LogP contribution in [0, 0.1) is 0 Å². The van der Waals surface area contributed by atoms with Gasteiger partial charge >= 0.3 is 5.97 Å². The highest BCUT2D eigenvalue weighted by molar-refractivity contribution is 8.26. The topological polar surface area (TPSA) is 87.1 Å². The summed E-state index contributed by atoms with van der Waals surface area (Å²) in [6, 6.07) is 4.77. The van der Waals surface area contributed by atoms with E-state index in [9.17, 15) is 14.7 Å². The number of thioether (sulfide) groups is 1. The van der Waals surface area contributed by atoms with Crippen molar-refractivity contribution in [2.45, 2.75) is 13.3 Å². The van der Waals surface area contributed by atoms with E-state index in [-0.39, 0.29) is 24.6 Å². The van der Waals surface area contributed by atoms with Crippen molar-refractivity contribution in [1.82, 2.24) is 4.90 Å². The predicted molar refractivity (Wildman–Crippen MR) is 91.4 cm³/mol. The number of carbonyl (C=O) groups excluding carboxylic acids is 1. The number of ether oxygens (including phenoxy) is 1. The number of hydrogen-bond acceptors (Lipinski definition) is 6. The van der Waals surface area contributed by atoms with Crippen molar-refractivity contribution in [3.8, 4) is 11.5 Å². The first-order chi connectivity index (χ1) is 10.9. The molecule has 6 nitrogen and oxygen atoms in total. The number of phenols is 1. The minimum Gasteiger partial charge on any atom is -0.504 e. The standard InChI is InChI=1S/C15H15NO5S2/c1-2-21-11-7-9(3-4-10(11)17)8-12-14(20)16(15(22)23-12)6-5-13(18)19/h3-4,7-8,17H,2,5-6H2,1H3,(H,18,19)/b12-8+. The number of hydrogen-bond donors (Lipinski definition) is 2. The molecule has 23 heavy (non-hydrogen) atoms. The zero-order chi connectivity index (χ0) is 17.0. The van der Waals surface area contributed by atoms with Gasteiger partial charge in [0.2, 0.25) is 0 Å². The zero-order valence-corrected chi connectivity index (χ0v) is 13.9. The summed E-state index contributed by atoms with van der Waals surface area (Å²) in [6.07, 6.45) is 1.48. The lowest BCUT2D eigenvalue weighted by molar-refractivity contribution is -0.137. The lowest BCUT2D eigenvalue weighted by Gasteiger charge is -2.12. The summed E-state index contributed by atoms with van der Waals surface area (Å²) in [6.45, 7) is 2.27. The average molecular weight is 353 g/mol. The minimum absolute atomic E-state index is 0.0259. The number of benzene rings is 1. The average Bonchev–Trinajstić information content (AvgIpc) is 2.75. The highest BCUT2D eigenvalue weighted by Crippen LogP contribution is 2.34. The maximum atomic E-state index is 12.3. The maximum Gasteiger partial charge on any atom is 0.305 e. The number of carboxylic acid groups (broad SMARTS) is 1. The van der Waals surface area contributed by atoms with E-state index in [0.717, 1.165) is 11.8 Å². The van der Waals surface area contributed by atoms with Crippen LogP contribution in [0.4, 0.5) is 0 Å².